The Balaban J connectivity index is 3.76. The molecule has 0 fully saturated rings. The molecule has 2 atom stereocenters. The van der Waals surface area contributed by atoms with Crippen LogP contribution in [0.2, 0.25) is 0 Å². The molecule has 0 aromatic carbocycles. The van der Waals surface area contributed by atoms with E-state index in [9.17, 15) is 0 Å². The molecule has 0 saturated carbocycles. The Hall–Kier alpha value is 0.310. The predicted octanol–water partition coefficient (Wildman–Crippen LogP) is 3.93. The van der Waals surface area contributed by atoms with E-state index in [-0.39, 0.29) is 0 Å². The van der Waals surface area contributed by atoms with Gasteiger partial charge in [0.25, 0.3) is 0 Å². The average Bonchev–Trinajstić information content (AvgIpc) is 2.22. The highest BCUT2D eigenvalue weighted by molar-refractivity contribution is 7.98. The zero-order valence-corrected chi connectivity index (χ0v) is 11.8. The topological polar surface area (TPSA) is 12.0 Å². The summed E-state index contributed by atoms with van der Waals surface area (Å²) in [5.74, 6) is 2.17. The summed E-state index contributed by atoms with van der Waals surface area (Å²) in [7, 11) is 0. The quantitative estimate of drug-likeness (QED) is 0.611. The fourth-order valence-electron chi connectivity index (χ4n) is 2.01. The number of thioether (sulfide) groups is 1. The van der Waals surface area contributed by atoms with E-state index in [1.165, 1.54) is 44.4 Å². The maximum atomic E-state index is 3.68. The molecule has 0 spiro atoms. The first-order valence-corrected chi connectivity index (χ1v) is 7.86. The van der Waals surface area contributed by atoms with Crippen molar-refractivity contribution in [2.45, 2.75) is 58.9 Å². The van der Waals surface area contributed by atoms with Crippen LogP contribution in [-0.2, 0) is 0 Å². The van der Waals surface area contributed by atoms with E-state index in [2.05, 4.69) is 32.3 Å². The molecule has 0 aliphatic carbocycles. The van der Waals surface area contributed by atoms with Crippen LogP contribution in [-0.4, -0.2) is 24.6 Å². The van der Waals surface area contributed by atoms with Gasteiger partial charge in [0, 0.05) is 6.04 Å². The molecule has 2 heteroatoms. The monoisotopic (exact) mass is 231 g/mol. The predicted molar refractivity (Wildman–Crippen MR) is 73.8 cm³/mol. The van der Waals surface area contributed by atoms with Crippen molar-refractivity contribution in [2.24, 2.45) is 5.92 Å². The van der Waals surface area contributed by atoms with Gasteiger partial charge in [-0.15, -0.1) is 0 Å². The number of nitrogens with one attached hydrogen (secondary N) is 1. The van der Waals surface area contributed by atoms with Crippen LogP contribution in [0.5, 0.6) is 0 Å². The van der Waals surface area contributed by atoms with Gasteiger partial charge in [-0.25, -0.2) is 0 Å². The van der Waals surface area contributed by atoms with E-state index in [0.29, 0.717) is 0 Å². The first-order valence-electron chi connectivity index (χ1n) is 6.46. The molecule has 0 amide bonds. The summed E-state index contributed by atoms with van der Waals surface area (Å²) in [6, 6.07) is 0.749. The van der Waals surface area contributed by atoms with Gasteiger partial charge in [0.2, 0.25) is 0 Å². The molecule has 1 N–H and O–H groups in total. The van der Waals surface area contributed by atoms with E-state index < -0.39 is 0 Å². The van der Waals surface area contributed by atoms with Crippen LogP contribution in [0.3, 0.4) is 0 Å². The number of rotatable bonds is 10. The minimum Gasteiger partial charge on any atom is -0.314 e. The molecule has 0 aliphatic rings. The first kappa shape index (κ1) is 15.3. The van der Waals surface area contributed by atoms with Crippen molar-refractivity contribution in [1.82, 2.24) is 5.32 Å². The maximum absolute atomic E-state index is 3.68. The molecule has 1 nitrogen and oxygen atoms in total. The van der Waals surface area contributed by atoms with Gasteiger partial charge in [0.15, 0.2) is 0 Å². The van der Waals surface area contributed by atoms with Crippen LogP contribution in [0.4, 0.5) is 0 Å². The molecule has 15 heavy (non-hydrogen) atoms. The van der Waals surface area contributed by atoms with Crippen molar-refractivity contribution in [2.75, 3.05) is 18.6 Å². The van der Waals surface area contributed by atoms with E-state index in [1.54, 1.807) is 0 Å². The summed E-state index contributed by atoms with van der Waals surface area (Å²) in [6.45, 7) is 8.10. The lowest BCUT2D eigenvalue weighted by molar-refractivity contribution is 0.377. The molecule has 0 radical (unpaired) electrons. The van der Waals surface area contributed by atoms with Crippen LogP contribution in [0, 0.1) is 5.92 Å². The van der Waals surface area contributed by atoms with Crippen LogP contribution in [0.25, 0.3) is 0 Å². The lowest BCUT2D eigenvalue weighted by Gasteiger charge is -2.21. The van der Waals surface area contributed by atoms with E-state index in [1.807, 2.05) is 11.8 Å². The third-order valence-corrected chi connectivity index (χ3v) is 3.47. The van der Waals surface area contributed by atoms with Crippen LogP contribution >= 0.6 is 11.8 Å². The Morgan fingerprint density at radius 1 is 1.13 bits per heavy atom. The number of hydrogen-bond donors (Lipinski definition) is 1. The van der Waals surface area contributed by atoms with E-state index >= 15 is 0 Å². The molecule has 0 aliphatic heterocycles. The fraction of sp³-hybridized carbons (Fsp3) is 1.00. The second-order valence-corrected chi connectivity index (χ2v) is 5.55. The molecule has 0 aromatic heterocycles. The van der Waals surface area contributed by atoms with Gasteiger partial charge in [-0.1, -0.05) is 33.6 Å². The van der Waals surface area contributed by atoms with Gasteiger partial charge in [0.05, 0.1) is 0 Å². The second kappa shape index (κ2) is 10.8. The summed E-state index contributed by atoms with van der Waals surface area (Å²) in [5, 5.41) is 3.68. The Morgan fingerprint density at radius 3 is 2.40 bits per heavy atom. The summed E-state index contributed by atoms with van der Waals surface area (Å²) in [4.78, 5) is 0. The highest BCUT2D eigenvalue weighted by Gasteiger charge is 2.11. The van der Waals surface area contributed by atoms with Gasteiger partial charge >= 0.3 is 0 Å². The Morgan fingerprint density at radius 2 is 1.87 bits per heavy atom. The van der Waals surface area contributed by atoms with Crippen molar-refractivity contribution in [3.63, 3.8) is 0 Å². The first-order chi connectivity index (χ1) is 7.24. The molecular weight excluding hydrogens is 202 g/mol. The normalized spacial score (nSPS) is 15.2. The lowest BCUT2D eigenvalue weighted by atomic mass is 9.96. The fourth-order valence-corrected chi connectivity index (χ4v) is 2.53. The van der Waals surface area contributed by atoms with Gasteiger partial charge in [-0.3, -0.25) is 0 Å². The zero-order chi connectivity index (χ0) is 11.5. The van der Waals surface area contributed by atoms with E-state index in [0.717, 1.165) is 12.0 Å². The molecule has 0 heterocycles. The van der Waals surface area contributed by atoms with Gasteiger partial charge < -0.3 is 5.32 Å². The minimum absolute atomic E-state index is 0.749. The maximum Gasteiger partial charge on any atom is 0.00774 e. The molecule has 0 bridgehead atoms. The molecule has 0 aromatic rings. The third kappa shape index (κ3) is 9.25. The average molecular weight is 231 g/mol. The highest BCUT2D eigenvalue weighted by Crippen LogP contribution is 2.15. The third-order valence-electron chi connectivity index (χ3n) is 2.82. The van der Waals surface area contributed by atoms with Crippen molar-refractivity contribution in [3.05, 3.63) is 0 Å². The smallest absolute Gasteiger partial charge is 0.00774 e. The zero-order valence-electron chi connectivity index (χ0n) is 11.0. The molecule has 92 valence electrons. The summed E-state index contributed by atoms with van der Waals surface area (Å²) in [5.41, 5.74) is 0. The summed E-state index contributed by atoms with van der Waals surface area (Å²) < 4.78 is 0. The van der Waals surface area contributed by atoms with Crippen molar-refractivity contribution in [3.8, 4) is 0 Å². The largest absolute Gasteiger partial charge is 0.314 e. The second-order valence-electron chi connectivity index (χ2n) is 4.56. The Labute approximate surface area is 101 Å². The molecular formula is C13H29NS. The van der Waals surface area contributed by atoms with Gasteiger partial charge in [-0.05, 0) is 43.7 Å². The number of hydrogen-bond acceptors (Lipinski definition) is 2. The standard InChI is InChI=1S/C13H29NS/c1-5-7-12(3)11-13(8-10-15-4)14-9-6-2/h12-14H,5-11H2,1-4H3. The van der Waals surface area contributed by atoms with Crippen LogP contribution < -0.4 is 5.32 Å². The Kier molecular flexibility index (Phi) is 11.0. The van der Waals surface area contributed by atoms with Crippen LogP contribution in [0.15, 0.2) is 0 Å². The Bertz CT molecular complexity index is 120. The van der Waals surface area contributed by atoms with Gasteiger partial charge in [-0.2, -0.15) is 11.8 Å². The van der Waals surface area contributed by atoms with Crippen molar-refractivity contribution < 1.29 is 0 Å². The molecule has 0 rings (SSSR count). The molecule has 2 unspecified atom stereocenters. The van der Waals surface area contributed by atoms with Crippen LogP contribution in [0.1, 0.15) is 52.9 Å². The van der Waals surface area contributed by atoms with Crippen molar-refractivity contribution >= 4 is 11.8 Å². The van der Waals surface area contributed by atoms with E-state index in [4.69, 9.17) is 0 Å². The van der Waals surface area contributed by atoms with Gasteiger partial charge in [0.1, 0.15) is 0 Å². The lowest BCUT2D eigenvalue weighted by Crippen LogP contribution is -2.32. The summed E-state index contributed by atoms with van der Waals surface area (Å²) in [6.07, 6.45) is 8.83. The minimum atomic E-state index is 0.749. The SMILES string of the molecule is CCCNC(CCSC)CC(C)CCC. The summed E-state index contributed by atoms with van der Waals surface area (Å²) >= 11 is 1.96. The highest BCUT2D eigenvalue weighted by atomic mass is 32.2. The molecule has 0 saturated heterocycles. The van der Waals surface area contributed by atoms with Crippen molar-refractivity contribution in [1.29, 1.82) is 0 Å².